The Balaban J connectivity index is 2.25. The fraction of sp³-hybridized carbons (Fsp3) is 0.316. The summed E-state index contributed by atoms with van der Waals surface area (Å²) in [5, 5.41) is 3.03. The number of benzene rings is 1. The molecule has 0 fully saturated rings. The van der Waals surface area contributed by atoms with Crippen LogP contribution in [-0.2, 0) is 14.2 Å². The molecule has 5 nitrogen and oxygen atoms in total. The monoisotopic (exact) mass is 389 g/mol. The van der Waals surface area contributed by atoms with Gasteiger partial charge in [0.15, 0.2) is 0 Å². The van der Waals surface area contributed by atoms with Gasteiger partial charge in [0.05, 0.1) is 24.2 Å². The Bertz CT molecular complexity index is 822. The fourth-order valence-corrected chi connectivity index (χ4v) is 3.10. The Morgan fingerprint density at radius 3 is 2.38 bits per heavy atom. The maximum absolute atomic E-state index is 12.0. The highest BCUT2D eigenvalue weighted by atomic mass is 16.6. The molecule has 0 amide bonds. The minimum Gasteiger partial charge on any atom is -0.513 e. The Morgan fingerprint density at radius 2 is 1.76 bits per heavy atom. The number of hydrogen-bond donors (Lipinski definition) is 1. The molecule has 0 saturated heterocycles. The van der Waals surface area contributed by atoms with Gasteiger partial charge in [-0.15, -0.1) is 0 Å². The molecule has 2 rings (SSSR count). The normalized spacial score (nSPS) is 13.0. The first-order valence-corrected chi connectivity index (χ1v) is 10.1. The molecule has 0 heterocycles. The quantitative estimate of drug-likeness (QED) is 0.368. The standard InChI is InChI=1S/C19H28B5NO4/c1-11(2)27-14(26)10-25-24(28-13-8-6-4-5-7-9-13)29-19-17(22)15(20)12(3)16(21)18(19)23/h4-6,8-9,11,25H,7,10,20-23H2,1-3H3. The van der Waals surface area contributed by atoms with Crippen molar-refractivity contribution in [1.82, 2.24) is 5.23 Å². The molecule has 148 valence electrons. The van der Waals surface area contributed by atoms with Crippen molar-refractivity contribution in [2.45, 2.75) is 33.3 Å². The third-order valence-corrected chi connectivity index (χ3v) is 5.14. The highest BCUT2D eigenvalue weighted by Crippen LogP contribution is 2.10. The van der Waals surface area contributed by atoms with Crippen LogP contribution >= 0.6 is 0 Å². The molecule has 10 heteroatoms. The van der Waals surface area contributed by atoms with E-state index in [1.807, 2.05) is 59.9 Å². The van der Waals surface area contributed by atoms with Crippen LogP contribution in [0.4, 0.5) is 0 Å². The van der Waals surface area contributed by atoms with Crippen LogP contribution in [0.15, 0.2) is 36.1 Å². The first kappa shape index (κ1) is 23.1. The van der Waals surface area contributed by atoms with Crippen molar-refractivity contribution in [1.29, 1.82) is 0 Å². The Kier molecular flexibility index (Phi) is 8.38. The lowest BCUT2D eigenvalue weighted by molar-refractivity contribution is -0.146. The van der Waals surface area contributed by atoms with E-state index in [4.69, 9.17) is 14.0 Å². The molecule has 0 radical (unpaired) electrons. The van der Waals surface area contributed by atoms with Crippen molar-refractivity contribution in [3.63, 3.8) is 0 Å². The molecule has 29 heavy (non-hydrogen) atoms. The zero-order valence-electron chi connectivity index (χ0n) is 18.6. The summed E-state index contributed by atoms with van der Waals surface area (Å²) < 4.78 is 17.5. The van der Waals surface area contributed by atoms with E-state index in [1.165, 1.54) is 16.5 Å². The number of carbonyl (C=O) groups is 1. The number of hydrogen-bond acceptors (Lipinski definition) is 5. The summed E-state index contributed by atoms with van der Waals surface area (Å²) in [4.78, 5) is 12.0. The molecular weight excluding hydrogens is 360 g/mol. The first-order valence-electron chi connectivity index (χ1n) is 10.1. The van der Waals surface area contributed by atoms with Gasteiger partial charge in [-0.25, -0.2) is 0 Å². The molecule has 0 spiro atoms. The van der Waals surface area contributed by atoms with E-state index in [1.54, 1.807) is 0 Å². The van der Waals surface area contributed by atoms with Gasteiger partial charge >= 0.3 is 13.2 Å². The lowest BCUT2D eigenvalue weighted by Crippen LogP contribution is -2.51. The Labute approximate surface area is 178 Å². The molecule has 1 aromatic rings. The third-order valence-electron chi connectivity index (χ3n) is 5.14. The lowest BCUT2D eigenvalue weighted by atomic mass is 9.67. The summed E-state index contributed by atoms with van der Waals surface area (Å²) in [6, 6.07) is 0. The van der Waals surface area contributed by atoms with Gasteiger partial charge in [-0.05, 0) is 39.3 Å². The van der Waals surface area contributed by atoms with Crippen molar-refractivity contribution in [2.75, 3.05) is 6.54 Å². The Morgan fingerprint density at radius 1 is 1.10 bits per heavy atom. The van der Waals surface area contributed by atoms with Crippen LogP contribution in [-0.4, -0.2) is 57.3 Å². The smallest absolute Gasteiger partial charge is 0.513 e. The number of ether oxygens (including phenoxy) is 1. The average molecular weight is 388 g/mol. The van der Waals surface area contributed by atoms with Crippen LogP contribution in [0, 0.1) is 6.92 Å². The maximum atomic E-state index is 12.0. The third kappa shape index (κ3) is 6.39. The average Bonchev–Trinajstić information content (AvgIpc) is 2.94. The van der Waals surface area contributed by atoms with Gasteiger partial charge in [0.1, 0.15) is 31.4 Å². The number of rotatable bonds is 8. The fourth-order valence-electron chi connectivity index (χ4n) is 3.10. The molecule has 0 aromatic heterocycles. The second-order valence-corrected chi connectivity index (χ2v) is 7.57. The second kappa shape index (κ2) is 10.5. The minimum absolute atomic E-state index is 0.0139. The van der Waals surface area contributed by atoms with Crippen LogP contribution in [0.1, 0.15) is 25.8 Å². The van der Waals surface area contributed by atoms with E-state index >= 15 is 0 Å². The molecule has 1 N–H and O–H groups in total. The van der Waals surface area contributed by atoms with Gasteiger partial charge in [0.2, 0.25) is 0 Å². The molecule has 1 aliphatic rings. The van der Waals surface area contributed by atoms with Crippen LogP contribution in [0.3, 0.4) is 0 Å². The molecule has 0 aliphatic heterocycles. The molecular formula is C19H28B5NO4. The Hall–Kier alpha value is -2.21. The zero-order valence-corrected chi connectivity index (χ0v) is 18.6. The van der Waals surface area contributed by atoms with Gasteiger partial charge in [0.25, 0.3) is 0 Å². The largest absolute Gasteiger partial charge is 0.698 e. The maximum Gasteiger partial charge on any atom is 0.698 e. The molecule has 0 unspecified atom stereocenters. The predicted molar refractivity (Wildman–Crippen MR) is 132 cm³/mol. The molecule has 0 bridgehead atoms. The van der Waals surface area contributed by atoms with Crippen LogP contribution in [0.5, 0.6) is 5.75 Å². The molecule has 1 aromatic carbocycles. The molecule has 0 saturated carbocycles. The number of esters is 1. The van der Waals surface area contributed by atoms with Gasteiger partial charge < -0.3 is 14.0 Å². The van der Waals surface area contributed by atoms with Crippen molar-refractivity contribution >= 4 is 66.5 Å². The van der Waals surface area contributed by atoms with E-state index < -0.39 is 7.25 Å². The first-order chi connectivity index (χ1) is 13.7. The van der Waals surface area contributed by atoms with Crippen LogP contribution < -0.4 is 31.7 Å². The summed E-state index contributed by atoms with van der Waals surface area (Å²) in [5.41, 5.74) is 5.78. The topological polar surface area (TPSA) is 56.8 Å². The van der Waals surface area contributed by atoms with Crippen molar-refractivity contribution < 1.29 is 18.8 Å². The van der Waals surface area contributed by atoms with Gasteiger partial charge in [0, 0.05) is 0 Å². The van der Waals surface area contributed by atoms with Crippen molar-refractivity contribution in [3.8, 4) is 5.75 Å². The van der Waals surface area contributed by atoms with Crippen molar-refractivity contribution in [2.24, 2.45) is 0 Å². The number of carbonyl (C=O) groups excluding carboxylic acids is 1. The second-order valence-electron chi connectivity index (χ2n) is 7.57. The minimum atomic E-state index is -0.831. The summed E-state index contributed by atoms with van der Waals surface area (Å²) in [6.07, 6.45) is 10.4. The zero-order chi connectivity index (χ0) is 21.6. The van der Waals surface area contributed by atoms with Crippen LogP contribution in [0.25, 0.3) is 0 Å². The van der Waals surface area contributed by atoms with E-state index in [2.05, 4.69) is 27.8 Å². The lowest BCUT2D eigenvalue weighted by Gasteiger charge is -2.24. The molecule has 1 aliphatic carbocycles. The van der Waals surface area contributed by atoms with E-state index in [-0.39, 0.29) is 18.6 Å². The van der Waals surface area contributed by atoms with Gasteiger partial charge in [-0.3, -0.25) is 10.0 Å². The van der Waals surface area contributed by atoms with Gasteiger partial charge in [-0.1, -0.05) is 45.6 Å². The summed E-state index contributed by atoms with van der Waals surface area (Å²) in [5.74, 6) is 1.10. The highest BCUT2D eigenvalue weighted by molar-refractivity contribution is 6.59. The summed E-state index contributed by atoms with van der Waals surface area (Å²) in [7, 11) is 7.44. The highest BCUT2D eigenvalue weighted by Gasteiger charge is 2.28. The number of allylic oxidation sites excluding steroid dienone is 5. The summed E-state index contributed by atoms with van der Waals surface area (Å²) in [6.45, 7) is 5.75. The number of nitrogens with one attached hydrogen (secondary N) is 1. The van der Waals surface area contributed by atoms with E-state index in [0.717, 1.165) is 23.1 Å². The summed E-state index contributed by atoms with van der Waals surface area (Å²) >= 11 is 0. The predicted octanol–water partition coefficient (Wildman–Crippen LogP) is -3.65. The van der Waals surface area contributed by atoms with Crippen molar-refractivity contribution in [3.05, 3.63) is 41.7 Å². The van der Waals surface area contributed by atoms with Crippen LogP contribution in [0.2, 0.25) is 0 Å². The SMILES string of the molecule is Bc1c(B)c(OB(NCC(=O)OC(C)C)OC2=CCC=CC=C2)c(B)c(B)c1C. The van der Waals surface area contributed by atoms with Gasteiger partial charge in [-0.2, -0.15) is 0 Å². The van der Waals surface area contributed by atoms with E-state index in [9.17, 15) is 4.79 Å². The molecule has 0 atom stereocenters. The van der Waals surface area contributed by atoms with E-state index in [0.29, 0.717) is 5.76 Å².